The van der Waals surface area contributed by atoms with Gasteiger partial charge in [0.05, 0.1) is 12.0 Å². The number of benzene rings is 1. The lowest BCUT2D eigenvalue weighted by molar-refractivity contribution is 0.0526. The Morgan fingerprint density at radius 2 is 2.24 bits per heavy atom. The van der Waals surface area contributed by atoms with Crippen molar-refractivity contribution in [3.63, 3.8) is 0 Å². The maximum absolute atomic E-state index is 13.8. The fourth-order valence-corrected chi connectivity index (χ4v) is 1.71. The topological polar surface area (TPSA) is 59.7 Å². The summed E-state index contributed by atoms with van der Waals surface area (Å²) in [5.74, 6) is -1.79. The second kappa shape index (κ2) is 4.08. The van der Waals surface area contributed by atoms with Gasteiger partial charge in [0.15, 0.2) is 11.6 Å². The number of halogens is 1. The molecule has 0 fully saturated rings. The molecule has 5 heteroatoms. The Hall–Kier alpha value is -2.04. The maximum Gasteiger partial charge on any atom is 0.342 e. The minimum absolute atomic E-state index is 0.0234. The summed E-state index contributed by atoms with van der Waals surface area (Å²) >= 11 is 0. The number of furan rings is 1. The summed E-state index contributed by atoms with van der Waals surface area (Å²) in [5, 5.41) is 9.25. The number of hydrogen-bond acceptors (Lipinski definition) is 4. The number of phenolic OH excluding ortho intramolecular Hbond substituents is 1. The Morgan fingerprint density at radius 1 is 1.53 bits per heavy atom. The van der Waals surface area contributed by atoms with E-state index in [2.05, 4.69) is 0 Å². The number of carbonyl (C=O) groups is 1. The van der Waals surface area contributed by atoms with Crippen molar-refractivity contribution in [2.75, 3.05) is 6.61 Å². The number of hydrogen-bond donors (Lipinski definition) is 1. The Balaban J connectivity index is 2.73. The number of esters is 1. The molecule has 1 aromatic heterocycles. The van der Waals surface area contributed by atoms with Gasteiger partial charge in [-0.25, -0.2) is 9.18 Å². The Kier molecular flexibility index (Phi) is 2.75. The van der Waals surface area contributed by atoms with Gasteiger partial charge in [0.1, 0.15) is 16.9 Å². The predicted octanol–water partition coefficient (Wildman–Crippen LogP) is 2.76. The van der Waals surface area contributed by atoms with Gasteiger partial charge < -0.3 is 14.3 Å². The number of fused-ring (bicyclic) bond motifs is 1. The first-order valence-corrected chi connectivity index (χ1v) is 5.14. The van der Waals surface area contributed by atoms with Crippen molar-refractivity contribution in [2.45, 2.75) is 13.8 Å². The van der Waals surface area contributed by atoms with Gasteiger partial charge in [-0.15, -0.1) is 0 Å². The highest BCUT2D eigenvalue weighted by Gasteiger charge is 2.23. The minimum Gasteiger partial charge on any atom is -0.505 e. The van der Waals surface area contributed by atoms with E-state index in [1.54, 1.807) is 13.8 Å². The van der Waals surface area contributed by atoms with E-state index in [0.29, 0.717) is 0 Å². The molecule has 0 radical (unpaired) electrons. The van der Waals surface area contributed by atoms with E-state index < -0.39 is 17.5 Å². The van der Waals surface area contributed by atoms with Crippen LogP contribution in [0.3, 0.4) is 0 Å². The van der Waals surface area contributed by atoms with Gasteiger partial charge >= 0.3 is 5.97 Å². The molecule has 0 spiro atoms. The third kappa shape index (κ3) is 1.73. The van der Waals surface area contributed by atoms with Gasteiger partial charge in [-0.3, -0.25) is 0 Å². The molecule has 17 heavy (non-hydrogen) atoms. The second-order valence-electron chi connectivity index (χ2n) is 3.53. The zero-order valence-electron chi connectivity index (χ0n) is 9.41. The highest BCUT2D eigenvalue weighted by Crippen LogP contribution is 2.32. The summed E-state index contributed by atoms with van der Waals surface area (Å²) in [6.45, 7) is 3.39. The van der Waals surface area contributed by atoms with E-state index in [-0.39, 0.29) is 28.9 Å². The molecule has 0 aliphatic carbocycles. The molecule has 2 rings (SSSR count). The monoisotopic (exact) mass is 238 g/mol. The van der Waals surface area contributed by atoms with Gasteiger partial charge in [0, 0.05) is 0 Å². The molecular weight excluding hydrogens is 227 g/mol. The average molecular weight is 238 g/mol. The smallest absolute Gasteiger partial charge is 0.342 e. The molecule has 0 bridgehead atoms. The Labute approximate surface area is 96.6 Å². The summed E-state index contributed by atoms with van der Waals surface area (Å²) in [6.07, 6.45) is 0. The first-order valence-electron chi connectivity index (χ1n) is 5.14. The zero-order chi connectivity index (χ0) is 12.6. The molecule has 0 unspecified atom stereocenters. The molecule has 0 aliphatic heterocycles. The van der Waals surface area contributed by atoms with Crippen LogP contribution < -0.4 is 0 Å². The van der Waals surface area contributed by atoms with Crippen molar-refractivity contribution in [1.82, 2.24) is 0 Å². The zero-order valence-corrected chi connectivity index (χ0v) is 9.41. The number of phenols is 1. The van der Waals surface area contributed by atoms with Gasteiger partial charge in [-0.05, 0) is 26.0 Å². The van der Waals surface area contributed by atoms with E-state index in [0.717, 1.165) is 0 Å². The molecular formula is C12H11FO4. The average Bonchev–Trinajstić information content (AvgIpc) is 2.61. The number of aromatic hydroxyl groups is 1. The van der Waals surface area contributed by atoms with Crippen LogP contribution in [0.5, 0.6) is 5.75 Å². The predicted molar refractivity (Wildman–Crippen MR) is 58.5 cm³/mol. The third-order valence-electron chi connectivity index (χ3n) is 2.43. The van der Waals surface area contributed by atoms with Crippen LogP contribution in [0.2, 0.25) is 0 Å². The van der Waals surface area contributed by atoms with E-state index in [4.69, 9.17) is 9.15 Å². The molecule has 90 valence electrons. The summed E-state index contributed by atoms with van der Waals surface area (Å²) in [6, 6.07) is 2.58. The number of rotatable bonds is 2. The molecule has 1 heterocycles. The molecule has 1 N–H and O–H groups in total. The standard InChI is InChI=1S/C12H11FO4/c1-3-16-12(15)9-6(2)17-8-5-4-7(14)11(13)10(8)9/h4-5,14H,3H2,1-2H3. The van der Waals surface area contributed by atoms with Crippen LogP contribution in [-0.4, -0.2) is 17.7 Å². The van der Waals surface area contributed by atoms with Crippen LogP contribution >= 0.6 is 0 Å². The van der Waals surface area contributed by atoms with E-state index in [1.165, 1.54) is 12.1 Å². The second-order valence-corrected chi connectivity index (χ2v) is 3.53. The van der Waals surface area contributed by atoms with Crippen LogP contribution in [0.4, 0.5) is 4.39 Å². The summed E-state index contributed by atoms with van der Waals surface area (Å²) in [5.41, 5.74) is 0.233. The normalized spacial score (nSPS) is 10.8. The van der Waals surface area contributed by atoms with Crippen LogP contribution in [0.1, 0.15) is 23.0 Å². The minimum atomic E-state index is -0.873. The maximum atomic E-state index is 13.8. The first-order chi connectivity index (χ1) is 8.06. The molecule has 0 amide bonds. The lowest BCUT2D eigenvalue weighted by atomic mass is 10.1. The molecule has 2 aromatic rings. The lowest BCUT2D eigenvalue weighted by Crippen LogP contribution is -2.05. The van der Waals surface area contributed by atoms with Crippen molar-refractivity contribution in [1.29, 1.82) is 0 Å². The molecule has 0 saturated heterocycles. The lowest BCUT2D eigenvalue weighted by Gasteiger charge is -2.01. The first kappa shape index (κ1) is 11.4. The summed E-state index contributed by atoms with van der Waals surface area (Å²) < 4.78 is 23.8. The summed E-state index contributed by atoms with van der Waals surface area (Å²) in [4.78, 5) is 11.7. The van der Waals surface area contributed by atoms with Gasteiger partial charge in [0.25, 0.3) is 0 Å². The number of aryl methyl sites for hydroxylation is 1. The molecule has 0 atom stereocenters. The van der Waals surface area contributed by atoms with Crippen molar-refractivity contribution in [2.24, 2.45) is 0 Å². The van der Waals surface area contributed by atoms with Gasteiger partial charge in [-0.1, -0.05) is 0 Å². The fraction of sp³-hybridized carbons (Fsp3) is 0.250. The quantitative estimate of drug-likeness (QED) is 0.817. The highest BCUT2D eigenvalue weighted by molar-refractivity contribution is 6.05. The van der Waals surface area contributed by atoms with E-state index in [9.17, 15) is 14.3 Å². The molecule has 0 aliphatic rings. The number of ether oxygens (including phenoxy) is 1. The van der Waals surface area contributed by atoms with E-state index in [1.807, 2.05) is 0 Å². The third-order valence-corrected chi connectivity index (χ3v) is 2.43. The Bertz CT molecular complexity index is 586. The van der Waals surface area contributed by atoms with Crippen molar-refractivity contribution >= 4 is 16.9 Å². The summed E-state index contributed by atoms with van der Waals surface area (Å²) in [7, 11) is 0. The van der Waals surface area contributed by atoms with Crippen LogP contribution in [0.15, 0.2) is 16.5 Å². The van der Waals surface area contributed by atoms with Crippen LogP contribution in [0, 0.1) is 12.7 Å². The van der Waals surface area contributed by atoms with Crippen molar-refractivity contribution in [3.05, 3.63) is 29.3 Å². The SMILES string of the molecule is CCOC(=O)c1c(C)oc2ccc(O)c(F)c12. The molecule has 4 nitrogen and oxygen atoms in total. The van der Waals surface area contributed by atoms with Crippen LogP contribution in [-0.2, 0) is 4.74 Å². The molecule has 1 aromatic carbocycles. The highest BCUT2D eigenvalue weighted by atomic mass is 19.1. The van der Waals surface area contributed by atoms with Crippen molar-refractivity contribution < 1.29 is 23.4 Å². The van der Waals surface area contributed by atoms with E-state index >= 15 is 0 Å². The van der Waals surface area contributed by atoms with Gasteiger partial charge in [0.2, 0.25) is 0 Å². The number of carbonyl (C=O) groups excluding carboxylic acids is 1. The van der Waals surface area contributed by atoms with Gasteiger partial charge in [-0.2, -0.15) is 0 Å². The Morgan fingerprint density at radius 3 is 2.88 bits per heavy atom. The van der Waals surface area contributed by atoms with Crippen molar-refractivity contribution in [3.8, 4) is 5.75 Å². The fourth-order valence-electron chi connectivity index (χ4n) is 1.71. The van der Waals surface area contributed by atoms with Crippen LogP contribution in [0.25, 0.3) is 11.0 Å². The largest absolute Gasteiger partial charge is 0.505 e. The molecule has 0 saturated carbocycles.